The van der Waals surface area contributed by atoms with Gasteiger partial charge in [0.25, 0.3) is 0 Å². The van der Waals surface area contributed by atoms with Gasteiger partial charge < -0.3 is 20.5 Å². The lowest BCUT2D eigenvalue weighted by atomic mass is 10.3. The molecule has 0 aromatic carbocycles. The van der Waals surface area contributed by atoms with Crippen LogP contribution in [0, 0.1) is 10.1 Å². The molecule has 0 aliphatic carbocycles. The number of ether oxygens (including phenoxy) is 1. The quantitative estimate of drug-likeness (QED) is 0.510. The maximum absolute atomic E-state index is 10.9. The monoisotopic (exact) mass is 256 g/mol. The second-order valence-electron chi connectivity index (χ2n) is 3.45. The third-order valence-electron chi connectivity index (χ3n) is 2.30. The number of rotatable bonds is 7. The highest BCUT2D eigenvalue weighted by atomic mass is 16.6. The number of hydrogen-bond acceptors (Lipinski definition) is 7. The average Bonchev–Trinajstić information content (AvgIpc) is 2.37. The Balaban J connectivity index is 3.18. The van der Waals surface area contributed by atoms with Gasteiger partial charge in [0, 0.05) is 31.8 Å². The molecule has 0 aliphatic rings. The molecule has 1 aromatic rings. The van der Waals surface area contributed by atoms with Crippen LogP contribution in [0.1, 0.15) is 0 Å². The molecule has 0 amide bonds. The molecule has 0 bridgehead atoms. The van der Waals surface area contributed by atoms with Crippen LogP contribution in [-0.4, -0.2) is 48.4 Å². The number of nitrogens with zero attached hydrogens (tertiary/aromatic N) is 3. The Morgan fingerprint density at radius 3 is 2.78 bits per heavy atom. The van der Waals surface area contributed by atoms with E-state index in [2.05, 4.69) is 4.98 Å². The zero-order chi connectivity index (χ0) is 13.5. The summed E-state index contributed by atoms with van der Waals surface area (Å²) in [4.78, 5) is 16.0. The van der Waals surface area contributed by atoms with Gasteiger partial charge in [-0.15, -0.1) is 0 Å². The summed E-state index contributed by atoms with van der Waals surface area (Å²) in [5.74, 6) is 0.425. The maximum atomic E-state index is 10.9. The van der Waals surface area contributed by atoms with Crippen LogP contribution in [0.15, 0.2) is 12.1 Å². The molecule has 0 aliphatic heterocycles. The first-order valence-electron chi connectivity index (χ1n) is 5.39. The summed E-state index contributed by atoms with van der Waals surface area (Å²) >= 11 is 0. The van der Waals surface area contributed by atoms with E-state index in [1.54, 1.807) is 4.90 Å². The van der Waals surface area contributed by atoms with Gasteiger partial charge in [-0.2, -0.15) is 4.98 Å². The predicted molar refractivity (Wildman–Crippen MR) is 65.8 cm³/mol. The largest absolute Gasteiger partial charge is 0.481 e. The minimum atomic E-state index is -0.525. The van der Waals surface area contributed by atoms with Gasteiger partial charge in [-0.3, -0.25) is 10.1 Å². The van der Waals surface area contributed by atoms with Crippen molar-refractivity contribution in [2.24, 2.45) is 5.73 Å². The molecule has 100 valence electrons. The Hall–Kier alpha value is -1.93. The Labute approximate surface area is 104 Å². The normalized spacial score (nSPS) is 10.2. The molecule has 1 heterocycles. The van der Waals surface area contributed by atoms with Gasteiger partial charge >= 0.3 is 5.69 Å². The molecule has 8 nitrogen and oxygen atoms in total. The fourth-order valence-corrected chi connectivity index (χ4v) is 1.51. The van der Waals surface area contributed by atoms with Crippen LogP contribution in [0.2, 0.25) is 0 Å². The van der Waals surface area contributed by atoms with E-state index in [-0.39, 0.29) is 30.5 Å². The third-order valence-corrected chi connectivity index (χ3v) is 2.30. The van der Waals surface area contributed by atoms with Crippen molar-refractivity contribution in [2.45, 2.75) is 0 Å². The first-order valence-corrected chi connectivity index (χ1v) is 5.39. The van der Waals surface area contributed by atoms with E-state index in [1.807, 2.05) is 0 Å². The van der Waals surface area contributed by atoms with Crippen molar-refractivity contribution in [3.8, 4) is 5.88 Å². The van der Waals surface area contributed by atoms with Gasteiger partial charge in [0.1, 0.15) is 0 Å². The Morgan fingerprint density at radius 1 is 1.56 bits per heavy atom. The zero-order valence-corrected chi connectivity index (χ0v) is 10.1. The minimum Gasteiger partial charge on any atom is -0.481 e. The first kappa shape index (κ1) is 14.1. The standard InChI is InChI=1S/C10H16N4O4/c1-18-9-3-2-8(14(16)17)10(12-9)13(5-4-11)6-7-15/h2-3,15H,4-7,11H2,1H3. The smallest absolute Gasteiger partial charge is 0.311 e. The number of aliphatic hydroxyl groups excluding tert-OH is 1. The molecular weight excluding hydrogens is 240 g/mol. The molecule has 0 saturated heterocycles. The van der Waals surface area contributed by atoms with Crippen LogP contribution in [-0.2, 0) is 0 Å². The van der Waals surface area contributed by atoms with Gasteiger partial charge in [-0.1, -0.05) is 0 Å². The molecule has 0 fully saturated rings. The van der Waals surface area contributed by atoms with Crippen LogP contribution in [0.3, 0.4) is 0 Å². The van der Waals surface area contributed by atoms with Crippen LogP contribution in [0.5, 0.6) is 5.88 Å². The number of aromatic nitrogens is 1. The number of nitrogens with two attached hydrogens (primary N) is 1. The maximum Gasteiger partial charge on any atom is 0.311 e. The lowest BCUT2D eigenvalue weighted by Gasteiger charge is -2.21. The van der Waals surface area contributed by atoms with Crippen molar-refractivity contribution in [3.05, 3.63) is 22.2 Å². The predicted octanol–water partition coefficient (Wildman–Crippen LogP) is -0.244. The summed E-state index contributed by atoms with van der Waals surface area (Å²) in [7, 11) is 1.43. The van der Waals surface area contributed by atoms with E-state index < -0.39 is 4.92 Å². The SMILES string of the molecule is COc1ccc([N+](=O)[O-])c(N(CCN)CCO)n1. The van der Waals surface area contributed by atoms with E-state index in [0.29, 0.717) is 13.1 Å². The number of methoxy groups -OCH3 is 1. The molecule has 3 N–H and O–H groups in total. The van der Waals surface area contributed by atoms with Crippen molar-refractivity contribution in [2.75, 3.05) is 38.3 Å². The molecule has 1 aromatic heterocycles. The van der Waals surface area contributed by atoms with Crippen molar-refractivity contribution in [3.63, 3.8) is 0 Å². The lowest BCUT2D eigenvalue weighted by Crippen LogP contribution is -2.33. The second kappa shape index (κ2) is 6.72. The Morgan fingerprint density at radius 2 is 2.28 bits per heavy atom. The zero-order valence-electron chi connectivity index (χ0n) is 10.1. The van der Waals surface area contributed by atoms with E-state index in [1.165, 1.54) is 19.2 Å². The third kappa shape index (κ3) is 3.28. The summed E-state index contributed by atoms with van der Waals surface area (Å²) in [6.45, 7) is 0.742. The lowest BCUT2D eigenvalue weighted by molar-refractivity contribution is -0.384. The molecular formula is C10H16N4O4. The van der Waals surface area contributed by atoms with E-state index in [4.69, 9.17) is 15.6 Å². The summed E-state index contributed by atoms with van der Waals surface area (Å²) in [5, 5.41) is 19.9. The number of aliphatic hydroxyl groups is 1. The summed E-state index contributed by atoms with van der Waals surface area (Å²) < 4.78 is 4.94. The molecule has 0 saturated carbocycles. The number of nitro groups is 1. The molecule has 8 heteroatoms. The Kier molecular flexibility index (Phi) is 5.28. The van der Waals surface area contributed by atoms with Crippen molar-refractivity contribution in [1.82, 2.24) is 4.98 Å². The van der Waals surface area contributed by atoms with Crippen LogP contribution in [0.25, 0.3) is 0 Å². The second-order valence-corrected chi connectivity index (χ2v) is 3.45. The molecule has 0 radical (unpaired) electrons. The van der Waals surface area contributed by atoms with E-state index in [0.717, 1.165) is 0 Å². The van der Waals surface area contributed by atoms with Crippen molar-refractivity contribution >= 4 is 11.5 Å². The molecule has 18 heavy (non-hydrogen) atoms. The minimum absolute atomic E-state index is 0.141. The molecule has 0 atom stereocenters. The van der Waals surface area contributed by atoms with Crippen molar-refractivity contribution < 1.29 is 14.8 Å². The van der Waals surface area contributed by atoms with Crippen LogP contribution in [0.4, 0.5) is 11.5 Å². The van der Waals surface area contributed by atoms with Gasteiger partial charge in [-0.25, -0.2) is 0 Å². The molecule has 0 unspecified atom stereocenters. The topological polar surface area (TPSA) is 115 Å². The van der Waals surface area contributed by atoms with Crippen LogP contribution >= 0.6 is 0 Å². The number of pyridine rings is 1. The highest BCUT2D eigenvalue weighted by molar-refractivity contribution is 5.59. The van der Waals surface area contributed by atoms with Crippen molar-refractivity contribution in [1.29, 1.82) is 0 Å². The van der Waals surface area contributed by atoms with Gasteiger partial charge in [-0.05, 0) is 0 Å². The van der Waals surface area contributed by atoms with Gasteiger partial charge in [0.05, 0.1) is 18.6 Å². The first-order chi connectivity index (χ1) is 8.63. The molecule has 1 rings (SSSR count). The van der Waals surface area contributed by atoms with Gasteiger partial charge in [0.15, 0.2) is 0 Å². The number of anilines is 1. The van der Waals surface area contributed by atoms with E-state index in [9.17, 15) is 10.1 Å². The highest BCUT2D eigenvalue weighted by Crippen LogP contribution is 2.28. The summed E-state index contributed by atoms with van der Waals surface area (Å²) in [5.41, 5.74) is 5.30. The highest BCUT2D eigenvalue weighted by Gasteiger charge is 2.21. The van der Waals surface area contributed by atoms with Gasteiger partial charge in [0.2, 0.25) is 11.7 Å². The fourth-order valence-electron chi connectivity index (χ4n) is 1.51. The fraction of sp³-hybridized carbons (Fsp3) is 0.500. The number of hydrogen-bond donors (Lipinski definition) is 2. The molecule has 0 spiro atoms. The van der Waals surface area contributed by atoms with Crippen LogP contribution < -0.4 is 15.4 Å². The Bertz CT molecular complexity index is 407. The summed E-state index contributed by atoms with van der Waals surface area (Å²) in [6, 6.07) is 2.74. The van der Waals surface area contributed by atoms with E-state index >= 15 is 0 Å². The average molecular weight is 256 g/mol. The summed E-state index contributed by atoms with van der Waals surface area (Å²) in [6.07, 6.45) is 0.